The average Bonchev–Trinajstić information content (AvgIpc) is 2.29. The van der Waals surface area contributed by atoms with Crippen molar-refractivity contribution in [2.75, 3.05) is 0 Å². The van der Waals surface area contributed by atoms with Gasteiger partial charge in [-0.1, -0.05) is 33.6 Å². The lowest BCUT2D eigenvalue weighted by atomic mass is 10.1. The van der Waals surface area contributed by atoms with Crippen molar-refractivity contribution in [1.82, 2.24) is 0 Å². The standard InChI is InChI=1S/C13H11BrF6O2/c1-6-4-7(2)9(8(3)5-6)22-10(21)11(14,12(15,16)17)13(18,19)20/h4-5H,1-3H3. The third-order valence-electron chi connectivity index (χ3n) is 2.86. The Hall–Kier alpha value is -1.25. The summed E-state index contributed by atoms with van der Waals surface area (Å²) in [5.74, 6) is -2.81. The predicted molar refractivity (Wildman–Crippen MR) is 70.1 cm³/mol. The second kappa shape index (κ2) is 5.75. The number of benzene rings is 1. The topological polar surface area (TPSA) is 26.3 Å². The molecule has 0 aromatic heterocycles. The van der Waals surface area contributed by atoms with E-state index in [0.717, 1.165) is 5.56 Å². The monoisotopic (exact) mass is 392 g/mol. The summed E-state index contributed by atoms with van der Waals surface area (Å²) in [5.41, 5.74) is 1.24. The summed E-state index contributed by atoms with van der Waals surface area (Å²) in [7, 11) is 0. The van der Waals surface area contributed by atoms with Gasteiger partial charge < -0.3 is 4.74 Å². The van der Waals surface area contributed by atoms with Gasteiger partial charge >= 0.3 is 22.6 Å². The molecule has 1 aromatic rings. The van der Waals surface area contributed by atoms with E-state index in [2.05, 4.69) is 4.74 Å². The number of carbonyl (C=O) groups excluding carboxylic acids is 1. The molecule has 0 atom stereocenters. The minimum absolute atomic E-state index is 0.255. The Kier molecular flexibility index (Phi) is 4.91. The lowest BCUT2D eigenvalue weighted by molar-refractivity contribution is -0.259. The van der Waals surface area contributed by atoms with Gasteiger partial charge in [-0.2, -0.15) is 26.3 Å². The van der Waals surface area contributed by atoms with Crippen LogP contribution in [-0.2, 0) is 4.79 Å². The smallest absolute Gasteiger partial charge is 0.423 e. The van der Waals surface area contributed by atoms with Crippen molar-refractivity contribution in [3.05, 3.63) is 28.8 Å². The summed E-state index contributed by atoms with van der Waals surface area (Å²) in [6.07, 6.45) is -11.8. The minimum atomic E-state index is -5.91. The second-order valence-corrected chi connectivity index (χ2v) is 5.96. The zero-order valence-corrected chi connectivity index (χ0v) is 13.2. The first-order valence-corrected chi connectivity index (χ1v) is 6.63. The Morgan fingerprint density at radius 2 is 1.32 bits per heavy atom. The van der Waals surface area contributed by atoms with Gasteiger partial charge in [0.05, 0.1) is 0 Å². The van der Waals surface area contributed by atoms with Crippen LogP contribution < -0.4 is 4.74 Å². The third-order valence-corrected chi connectivity index (χ3v) is 4.08. The van der Waals surface area contributed by atoms with E-state index in [-0.39, 0.29) is 16.9 Å². The van der Waals surface area contributed by atoms with Gasteiger partial charge in [-0.05, 0) is 31.9 Å². The number of aryl methyl sites for hydroxylation is 3. The van der Waals surface area contributed by atoms with Crippen molar-refractivity contribution in [3.63, 3.8) is 0 Å². The van der Waals surface area contributed by atoms with Gasteiger partial charge in [-0.25, -0.2) is 4.79 Å². The number of hydrogen-bond acceptors (Lipinski definition) is 2. The average molecular weight is 393 g/mol. The highest BCUT2D eigenvalue weighted by Gasteiger charge is 2.76. The normalized spacial score (nSPS) is 13.2. The molecule has 0 radical (unpaired) electrons. The molecule has 0 aliphatic heterocycles. The maximum Gasteiger partial charge on any atom is 0.423 e. The number of rotatable bonds is 2. The molecule has 124 valence electrons. The lowest BCUT2D eigenvalue weighted by Crippen LogP contribution is -2.59. The molecule has 0 spiro atoms. The molecular weight excluding hydrogens is 382 g/mol. The zero-order valence-electron chi connectivity index (χ0n) is 11.6. The highest BCUT2D eigenvalue weighted by atomic mass is 79.9. The van der Waals surface area contributed by atoms with Gasteiger partial charge in [0, 0.05) is 0 Å². The van der Waals surface area contributed by atoms with Gasteiger partial charge in [0.15, 0.2) is 0 Å². The number of esters is 1. The van der Waals surface area contributed by atoms with Gasteiger partial charge in [0.1, 0.15) is 5.75 Å². The van der Waals surface area contributed by atoms with Gasteiger partial charge in [0.2, 0.25) is 0 Å². The molecule has 0 unspecified atom stereocenters. The molecule has 9 heteroatoms. The molecular formula is C13H11BrF6O2. The maximum absolute atomic E-state index is 12.8. The van der Waals surface area contributed by atoms with Crippen molar-refractivity contribution in [3.8, 4) is 5.75 Å². The molecule has 0 bridgehead atoms. The molecule has 0 fully saturated rings. The van der Waals surface area contributed by atoms with E-state index in [1.165, 1.54) is 41.9 Å². The highest BCUT2D eigenvalue weighted by molar-refractivity contribution is 9.10. The Balaban J connectivity index is 3.31. The van der Waals surface area contributed by atoms with E-state index >= 15 is 0 Å². The fraction of sp³-hybridized carbons (Fsp3) is 0.462. The molecule has 0 saturated heterocycles. The first kappa shape index (κ1) is 18.8. The molecule has 0 heterocycles. The summed E-state index contributed by atoms with van der Waals surface area (Å²) < 4.78 is 76.1. The SMILES string of the molecule is Cc1cc(C)c(OC(=O)C(Br)(C(F)(F)F)C(F)(F)F)c(C)c1. The van der Waals surface area contributed by atoms with Crippen molar-refractivity contribution >= 4 is 21.9 Å². The Labute approximate surface area is 130 Å². The number of halogens is 7. The molecule has 0 amide bonds. The fourth-order valence-corrected chi connectivity index (χ4v) is 1.96. The van der Waals surface area contributed by atoms with E-state index in [4.69, 9.17) is 0 Å². The van der Waals surface area contributed by atoms with Crippen LogP contribution in [-0.4, -0.2) is 22.6 Å². The van der Waals surface area contributed by atoms with E-state index in [1.54, 1.807) is 6.92 Å². The summed E-state index contributed by atoms with van der Waals surface area (Å²) in [6, 6.07) is 2.96. The predicted octanol–water partition coefficient (Wildman–Crippen LogP) is 4.78. The van der Waals surface area contributed by atoms with E-state index in [0.29, 0.717) is 0 Å². The van der Waals surface area contributed by atoms with E-state index in [9.17, 15) is 31.1 Å². The van der Waals surface area contributed by atoms with Crippen molar-refractivity contribution < 1.29 is 35.9 Å². The molecule has 2 nitrogen and oxygen atoms in total. The van der Waals surface area contributed by atoms with Crippen LogP contribution in [0, 0.1) is 20.8 Å². The van der Waals surface area contributed by atoms with E-state index in [1.807, 2.05) is 0 Å². The van der Waals surface area contributed by atoms with Crippen LogP contribution >= 0.6 is 15.9 Å². The first-order chi connectivity index (χ1) is 9.71. The van der Waals surface area contributed by atoms with Gasteiger partial charge in [-0.3, -0.25) is 0 Å². The quantitative estimate of drug-likeness (QED) is 0.313. The van der Waals surface area contributed by atoms with Gasteiger partial charge in [-0.15, -0.1) is 0 Å². The third kappa shape index (κ3) is 3.23. The summed E-state index contributed by atoms with van der Waals surface area (Å²) in [5, 5.41) is 0. The molecule has 22 heavy (non-hydrogen) atoms. The van der Waals surface area contributed by atoms with Crippen LogP contribution in [0.25, 0.3) is 0 Å². The van der Waals surface area contributed by atoms with Crippen LogP contribution in [0.2, 0.25) is 0 Å². The highest BCUT2D eigenvalue weighted by Crippen LogP contribution is 2.50. The maximum atomic E-state index is 12.8. The Bertz CT molecular complexity index is 554. The van der Waals surface area contributed by atoms with E-state index < -0.39 is 22.6 Å². The number of ether oxygens (including phenoxy) is 1. The number of carbonyl (C=O) groups is 1. The largest absolute Gasteiger partial charge is 0.424 e. The summed E-state index contributed by atoms with van der Waals surface area (Å²) in [6.45, 7) is 4.52. The molecule has 0 N–H and O–H groups in total. The molecule has 1 aromatic carbocycles. The Morgan fingerprint density at radius 3 is 1.64 bits per heavy atom. The first-order valence-electron chi connectivity index (χ1n) is 5.84. The van der Waals surface area contributed by atoms with Crippen LogP contribution in [0.15, 0.2) is 12.1 Å². The van der Waals surface area contributed by atoms with Crippen LogP contribution in [0.1, 0.15) is 16.7 Å². The van der Waals surface area contributed by atoms with Crippen LogP contribution in [0.5, 0.6) is 5.75 Å². The van der Waals surface area contributed by atoms with Crippen molar-refractivity contribution in [2.45, 2.75) is 37.4 Å². The van der Waals surface area contributed by atoms with Crippen molar-refractivity contribution in [1.29, 1.82) is 0 Å². The molecule has 0 aliphatic carbocycles. The summed E-state index contributed by atoms with van der Waals surface area (Å²) >= 11 is 1.49. The zero-order chi connectivity index (χ0) is 17.5. The fourth-order valence-electron chi connectivity index (χ4n) is 1.88. The minimum Gasteiger partial charge on any atom is -0.424 e. The van der Waals surface area contributed by atoms with Crippen LogP contribution in [0.4, 0.5) is 26.3 Å². The number of alkyl halides is 7. The number of hydrogen-bond donors (Lipinski definition) is 0. The lowest BCUT2D eigenvalue weighted by Gasteiger charge is -2.30. The van der Waals surface area contributed by atoms with Crippen LogP contribution in [0.3, 0.4) is 0 Å². The van der Waals surface area contributed by atoms with Crippen molar-refractivity contribution in [2.24, 2.45) is 0 Å². The van der Waals surface area contributed by atoms with Gasteiger partial charge in [0.25, 0.3) is 0 Å². The second-order valence-electron chi connectivity index (χ2n) is 4.77. The Morgan fingerprint density at radius 1 is 0.955 bits per heavy atom. The molecule has 1 rings (SSSR count). The summed E-state index contributed by atoms with van der Waals surface area (Å²) in [4.78, 5) is 11.6. The molecule has 0 saturated carbocycles. The molecule has 0 aliphatic rings.